The highest BCUT2D eigenvalue weighted by Gasteiger charge is 2.57. The highest BCUT2D eigenvalue weighted by molar-refractivity contribution is 8.13. The maximum Gasteiger partial charge on any atom is 0.418 e. The van der Waals surface area contributed by atoms with Crippen molar-refractivity contribution in [1.82, 2.24) is 4.98 Å². The number of hydrogen-bond donors (Lipinski definition) is 2. The maximum absolute atomic E-state index is 14.5. The Balaban J connectivity index is 1.53. The molecule has 9 heteroatoms. The van der Waals surface area contributed by atoms with Crippen molar-refractivity contribution in [2.24, 2.45) is 16.6 Å². The number of nitrogens with two attached hydrogens (primary N) is 1. The number of nitrogens with one attached hydrogen (secondary N) is 1. The average molecular weight is 407 g/mol. The monoisotopic (exact) mass is 406 g/mol. The van der Waals surface area contributed by atoms with Gasteiger partial charge in [0.15, 0.2) is 5.17 Å². The first kappa shape index (κ1) is 18.1. The molecular formula is C18H16ClFN4O2S. The minimum absolute atomic E-state index is 0.109. The molecule has 3 N–H and O–H groups in total. The first-order chi connectivity index (χ1) is 13.0. The number of carbonyl (C=O) groups excluding carboxylic acids is 1. The predicted octanol–water partition coefficient (Wildman–Crippen LogP) is 4.15. The molecule has 0 bridgehead atoms. The van der Waals surface area contributed by atoms with Gasteiger partial charge in [0.2, 0.25) is 5.88 Å². The summed E-state index contributed by atoms with van der Waals surface area (Å²) < 4.78 is 19.6. The van der Waals surface area contributed by atoms with Gasteiger partial charge in [-0.05, 0) is 43.0 Å². The van der Waals surface area contributed by atoms with Crippen LogP contribution in [0.15, 0.2) is 41.5 Å². The predicted molar refractivity (Wildman–Crippen MR) is 104 cm³/mol. The molecule has 1 aromatic heterocycles. The number of halogens is 2. The maximum atomic E-state index is 14.5. The van der Waals surface area contributed by atoms with Crippen molar-refractivity contribution in [3.8, 4) is 5.88 Å². The topological polar surface area (TPSA) is 89.6 Å². The molecule has 0 spiro atoms. The molecule has 27 heavy (non-hydrogen) atoms. The van der Waals surface area contributed by atoms with Gasteiger partial charge in [0.05, 0.1) is 10.6 Å². The lowest BCUT2D eigenvalue weighted by molar-refractivity contribution is 0.213. The molecule has 2 atom stereocenters. The van der Waals surface area contributed by atoms with E-state index in [0.29, 0.717) is 21.4 Å². The van der Waals surface area contributed by atoms with Gasteiger partial charge in [-0.15, -0.1) is 0 Å². The Morgan fingerprint density at radius 1 is 1.41 bits per heavy atom. The number of pyridine rings is 1. The third-order valence-corrected chi connectivity index (χ3v) is 5.73. The van der Waals surface area contributed by atoms with Crippen LogP contribution in [0, 0.1) is 11.7 Å². The number of benzene rings is 1. The quantitative estimate of drug-likeness (QED) is 0.799. The number of anilines is 1. The number of ether oxygens (including phenoxy) is 1. The summed E-state index contributed by atoms with van der Waals surface area (Å²) in [6.07, 6.45) is 2.33. The molecule has 1 fully saturated rings. The third-order valence-electron chi connectivity index (χ3n) is 4.68. The van der Waals surface area contributed by atoms with Crippen LogP contribution in [0.1, 0.15) is 18.4 Å². The van der Waals surface area contributed by atoms with Crippen LogP contribution in [0.25, 0.3) is 0 Å². The molecule has 2 heterocycles. The second-order valence-electron chi connectivity index (χ2n) is 6.44. The van der Waals surface area contributed by atoms with Crippen LogP contribution in [-0.2, 0) is 5.54 Å². The van der Waals surface area contributed by atoms with Crippen molar-refractivity contribution >= 4 is 40.3 Å². The van der Waals surface area contributed by atoms with Crippen LogP contribution in [0.5, 0.6) is 5.88 Å². The molecule has 0 saturated heterocycles. The van der Waals surface area contributed by atoms with E-state index in [9.17, 15) is 9.18 Å². The van der Waals surface area contributed by atoms with Gasteiger partial charge in [0.1, 0.15) is 5.82 Å². The number of rotatable bonds is 3. The fourth-order valence-corrected chi connectivity index (χ4v) is 4.27. The Labute approximate surface area is 164 Å². The van der Waals surface area contributed by atoms with E-state index in [0.717, 1.165) is 18.6 Å². The summed E-state index contributed by atoms with van der Waals surface area (Å²) in [4.78, 5) is 20.5. The SMILES string of the molecule is NC1=NC2(c3cc(NC(=O)Oc4ccc(Cl)cn4)ccc3F)CC2CCS1. The summed E-state index contributed by atoms with van der Waals surface area (Å²) in [6, 6.07) is 7.43. The molecule has 1 saturated carbocycles. The molecule has 2 aliphatic rings. The summed E-state index contributed by atoms with van der Waals surface area (Å²) in [5.41, 5.74) is 6.15. The standard InChI is InChI=1S/C18H16ClFN4O2S/c19-11-1-4-15(22-9-11)26-17(25)23-12-2-3-14(20)13(7-12)18-8-10(18)5-6-27-16(21)24-18/h1-4,7,9-10H,5-6,8H2,(H2,21,24)(H,23,25). The van der Waals surface area contributed by atoms with Gasteiger partial charge in [-0.1, -0.05) is 23.4 Å². The molecule has 4 rings (SSSR count). The van der Waals surface area contributed by atoms with Crippen LogP contribution in [0.4, 0.5) is 14.9 Å². The Morgan fingerprint density at radius 2 is 2.26 bits per heavy atom. The van der Waals surface area contributed by atoms with E-state index < -0.39 is 11.6 Å². The lowest BCUT2D eigenvalue weighted by atomic mass is 10.0. The first-order valence-corrected chi connectivity index (χ1v) is 9.71. The second-order valence-corrected chi connectivity index (χ2v) is 7.99. The summed E-state index contributed by atoms with van der Waals surface area (Å²) in [5, 5.41) is 3.50. The molecule has 2 unspecified atom stereocenters. The number of amides is 1. The molecule has 1 aliphatic heterocycles. The van der Waals surface area contributed by atoms with Crippen LogP contribution in [-0.4, -0.2) is 22.0 Å². The summed E-state index contributed by atoms with van der Waals surface area (Å²) in [5.74, 6) is 0.889. The van der Waals surface area contributed by atoms with Gasteiger partial charge in [-0.2, -0.15) is 0 Å². The van der Waals surface area contributed by atoms with E-state index in [1.54, 1.807) is 12.1 Å². The fraction of sp³-hybridized carbons (Fsp3) is 0.278. The van der Waals surface area contributed by atoms with Crippen LogP contribution in [0.3, 0.4) is 0 Å². The normalized spacial score (nSPS) is 23.6. The van der Waals surface area contributed by atoms with Crippen LogP contribution >= 0.6 is 23.4 Å². The zero-order chi connectivity index (χ0) is 19.0. The average Bonchev–Trinajstić information content (AvgIpc) is 3.33. The third kappa shape index (κ3) is 3.72. The summed E-state index contributed by atoms with van der Waals surface area (Å²) in [6.45, 7) is 0. The zero-order valence-electron chi connectivity index (χ0n) is 14.1. The number of nitrogens with zero attached hydrogens (tertiary/aromatic N) is 2. The van der Waals surface area contributed by atoms with E-state index >= 15 is 0 Å². The lowest BCUT2D eigenvalue weighted by Crippen LogP contribution is -2.19. The summed E-state index contributed by atoms with van der Waals surface area (Å²) in [7, 11) is 0. The molecule has 1 aromatic carbocycles. The van der Waals surface area contributed by atoms with E-state index in [4.69, 9.17) is 22.1 Å². The highest BCUT2D eigenvalue weighted by atomic mass is 35.5. The van der Waals surface area contributed by atoms with Gasteiger partial charge in [-0.25, -0.2) is 14.2 Å². The molecule has 2 aromatic rings. The number of hydrogen-bond acceptors (Lipinski definition) is 6. The second kappa shape index (κ2) is 7.01. The number of amidine groups is 1. The first-order valence-electron chi connectivity index (χ1n) is 8.35. The van der Waals surface area contributed by atoms with Crippen molar-refractivity contribution < 1.29 is 13.9 Å². The van der Waals surface area contributed by atoms with E-state index in [1.165, 1.54) is 36.2 Å². The minimum Gasteiger partial charge on any atom is -0.391 e. The van der Waals surface area contributed by atoms with Crippen LogP contribution in [0.2, 0.25) is 5.02 Å². The van der Waals surface area contributed by atoms with Gasteiger partial charge in [0, 0.05) is 29.3 Å². The van der Waals surface area contributed by atoms with Gasteiger partial charge >= 0.3 is 6.09 Å². The van der Waals surface area contributed by atoms with Gasteiger partial charge in [-0.3, -0.25) is 10.3 Å². The Hall–Kier alpha value is -2.32. The lowest BCUT2D eigenvalue weighted by Gasteiger charge is -2.15. The largest absolute Gasteiger partial charge is 0.418 e. The highest BCUT2D eigenvalue weighted by Crippen LogP contribution is 2.59. The molecule has 1 aliphatic carbocycles. The van der Waals surface area contributed by atoms with Crippen molar-refractivity contribution in [1.29, 1.82) is 0 Å². The van der Waals surface area contributed by atoms with Crippen molar-refractivity contribution in [3.05, 3.63) is 52.9 Å². The van der Waals surface area contributed by atoms with E-state index in [2.05, 4.69) is 15.3 Å². The van der Waals surface area contributed by atoms with Crippen molar-refractivity contribution in [2.75, 3.05) is 11.1 Å². The fourth-order valence-electron chi connectivity index (χ4n) is 3.32. The van der Waals surface area contributed by atoms with E-state index in [1.807, 2.05) is 0 Å². The Morgan fingerprint density at radius 3 is 3.04 bits per heavy atom. The number of fused-ring (bicyclic) bond motifs is 1. The minimum atomic E-state index is -0.730. The molecular weight excluding hydrogens is 391 g/mol. The molecule has 6 nitrogen and oxygen atoms in total. The number of aliphatic imine (C=N–C) groups is 1. The van der Waals surface area contributed by atoms with Crippen molar-refractivity contribution in [3.63, 3.8) is 0 Å². The van der Waals surface area contributed by atoms with Gasteiger partial charge < -0.3 is 10.5 Å². The van der Waals surface area contributed by atoms with Crippen LogP contribution < -0.4 is 15.8 Å². The summed E-state index contributed by atoms with van der Waals surface area (Å²) >= 11 is 7.24. The number of carbonyl (C=O) groups is 1. The molecule has 140 valence electrons. The van der Waals surface area contributed by atoms with Crippen molar-refractivity contribution in [2.45, 2.75) is 18.4 Å². The number of aromatic nitrogens is 1. The van der Waals surface area contributed by atoms with Gasteiger partial charge in [0.25, 0.3) is 0 Å². The van der Waals surface area contributed by atoms with E-state index in [-0.39, 0.29) is 17.6 Å². The Kier molecular flexibility index (Phi) is 4.69. The molecule has 0 radical (unpaired) electrons. The smallest absolute Gasteiger partial charge is 0.391 e. The number of thioether (sulfide) groups is 1. The molecule has 1 amide bonds. The zero-order valence-corrected chi connectivity index (χ0v) is 15.7. The Bertz CT molecular complexity index is 924.